The number of furan rings is 1. The standard InChI is InChI=1S/C17H15BrClNO/c1-2-16-13(12-5-3-4-6-17(12)21-16)10-20-15-8-7-11(18)9-14(15)19/h3-9,20H,2,10H2,1H3. The van der Waals surface area contributed by atoms with E-state index in [4.69, 9.17) is 16.0 Å². The maximum atomic E-state index is 6.25. The second kappa shape index (κ2) is 6.12. The first-order chi connectivity index (χ1) is 10.2. The predicted octanol–water partition coefficient (Wildman–Crippen LogP) is 6.02. The average Bonchev–Trinajstić information content (AvgIpc) is 2.84. The van der Waals surface area contributed by atoms with E-state index in [9.17, 15) is 0 Å². The third kappa shape index (κ3) is 2.94. The summed E-state index contributed by atoms with van der Waals surface area (Å²) in [5.74, 6) is 1.02. The van der Waals surface area contributed by atoms with Crippen LogP contribution >= 0.6 is 27.5 Å². The van der Waals surface area contributed by atoms with Crippen molar-refractivity contribution in [2.24, 2.45) is 0 Å². The SMILES string of the molecule is CCc1oc2ccccc2c1CNc1ccc(Br)cc1Cl. The number of halogens is 2. The van der Waals surface area contributed by atoms with E-state index in [2.05, 4.69) is 34.2 Å². The van der Waals surface area contributed by atoms with E-state index in [0.29, 0.717) is 11.6 Å². The summed E-state index contributed by atoms with van der Waals surface area (Å²) in [5.41, 5.74) is 3.06. The van der Waals surface area contributed by atoms with Gasteiger partial charge in [-0.2, -0.15) is 0 Å². The van der Waals surface area contributed by atoms with Gasteiger partial charge in [0.05, 0.1) is 10.7 Å². The van der Waals surface area contributed by atoms with Crippen molar-refractivity contribution < 1.29 is 4.42 Å². The quantitative estimate of drug-likeness (QED) is 0.612. The second-order valence-corrected chi connectivity index (χ2v) is 6.15. The third-order valence-corrected chi connectivity index (χ3v) is 4.30. The van der Waals surface area contributed by atoms with Crippen molar-refractivity contribution in [1.82, 2.24) is 0 Å². The van der Waals surface area contributed by atoms with Crippen LogP contribution in [0.5, 0.6) is 0 Å². The maximum absolute atomic E-state index is 6.25. The highest BCUT2D eigenvalue weighted by molar-refractivity contribution is 9.10. The summed E-state index contributed by atoms with van der Waals surface area (Å²) in [7, 11) is 0. The van der Waals surface area contributed by atoms with E-state index < -0.39 is 0 Å². The van der Waals surface area contributed by atoms with Crippen LogP contribution in [0.3, 0.4) is 0 Å². The van der Waals surface area contributed by atoms with Gasteiger partial charge in [0.2, 0.25) is 0 Å². The molecule has 3 rings (SSSR count). The molecule has 0 amide bonds. The van der Waals surface area contributed by atoms with E-state index in [1.807, 2.05) is 36.4 Å². The number of benzene rings is 2. The molecule has 0 aliphatic heterocycles. The molecule has 0 saturated heterocycles. The Balaban J connectivity index is 1.91. The monoisotopic (exact) mass is 363 g/mol. The first kappa shape index (κ1) is 14.5. The number of anilines is 1. The highest BCUT2D eigenvalue weighted by Crippen LogP contribution is 2.29. The molecule has 0 saturated carbocycles. The first-order valence-electron chi connectivity index (χ1n) is 6.87. The Morgan fingerprint density at radius 1 is 1.19 bits per heavy atom. The van der Waals surface area contributed by atoms with Gasteiger partial charge >= 0.3 is 0 Å². The van der Waals surface area contributed by atoms with E-state index in [-0.39, 0.29) is 0 Å². The summed E-state index contributed by atoms with van der Waals surface area (Å²) in [4.78, 5) is 0. The van der Waals surface area contributed by atoms with E-state index >= 15 is 0 Å². The molecule has 21 heavy (non-hydrogen) atoms. The molecular weight excluding hydrogens is 350 g/mol. The highest BCUT2D eigenvalue weighted by atomic mass is 79.9. The van der Waals surface area contributed by atoms with Crippen LogP contribution in [0, 0.1) is 0 Å². The van der Waals surface area contributed by atoms with E-state index in [0.717, 1.165) is 33.3 Å². The smallest absolute Gasteiger partial charge is 0.134 e. The Morgan fingerprint density at radius 3 is 2.76 bits per heavy atom. The van der Waals surface area contributed by atoms with Crippen molar-refractivity contribution in [2.45, 2.75) is 19.9 Å². The van der Waals surface area contributed by atoms with Crippen LogP contribution in [0.2, 0.25) is 5.02 Å². The number of nitrogens with one attached hydrogen (secondary N) is 1. The highest BCUT2D eigenvalue weighted by Gasteiger charge is 2.12. The van der Waals surface area contributed by atoms with Crippen molar-refractivity contribution >= 4 is 44.2 Å². The van der Waals surface area contributed by atoms with Crippen molar-refractivity contribution in [3.05, 3.63) is 63.3 Å². The average molecular weight is 365 g/mol. The summed E-state index contributed by atoms with van der Waals surface area (Å²) in [6.07, 6.45) is 0.875. The third-order valence-electron chi connectivity index (χ3n) is 3.49. The molecule has 0 bridgehead atoms. The van der Waals surface area contributed by atoms with Crippen LogP contribution in [0.15, 0.2) is 51.4 Å². The number of aryl methyl sites for hydroxylation is 1. The summed E-state index contributed by atoms with van der Waals surface area (Å²) in [6.45, 7) is 2.80. The molecule has 0 spiro atoms. The summed E-state index contributed by atoms with van der Waals surface area (Å²) >= 11 is 9.66. The van der Waals surface area contributed by atoms with Gasteiger partial charge in [-0.05, 0) is 24.3 Å². The molecule has 108 valence electrons. The Labute approximate surface area is 137 Å². The molecule has 2 aromatic carbocycles. The zero-order valence-corrected chi connectivity index (χ0v) is 14.0. The normalized spacial score (nSPS) is 11.0. The van der Waals surface area contributed by atoms with Crippen LogP contribution in [0.4, 0.5) is 5.69 Å². The molecule has 0 unspecified atom stereocenters. The lowest BCUT2D eigenvalue weighted by Gasteiger charge is -2.09. The maximum Gasteiger partial charge on any atom is 0.134 e. The minimum Gasteiger partial charge on any atom is -0.461 e. The molecule has 1 N–H and O–H groups in total. The second-order valence-electron chi connectivity index (χ2n) is 4.83. The summed E-state index contributed by atoms with van der Waals surface area (Å²) in [5, 5.41) is 5.26. The molecule has 0 atom stereocenters. The van der Waals surface area contributed by atoms with Gasteiger partial charge in [0.15, 0.2) is 0 Å². The van der Waals surface area contributed by atoms with Crippen molar-refractivity contribution in [2.75, 3.05) is 5.32 Å². The molecule has 0 fully saturated rings. The molecule has 2 nitrogen and oxygen atoms in total. The number of para-hydroxylation sites is 1. The first-order valence-corrected chi connectivity index (χ1v) is 8.04. The van der Waals surface area contributed by atoms with Gasteiger partial charge in [-0.3, -0.25) is 0 Å². The predicted molar refractivity (Wildman–Crippen MR) is 92.1 cm³/mol. The van der Waals surface area contributed by atoms with Crippen LogP contribution in [-0.2, 0) is 13.0 Å². The van der Waals surface area contributed by atoms with Gasteiger partial charge in [-0.15, -0.1) is 0 Å². The van der Waals surface area contributed by atoms with Crippen LogP contribution < -0.4 is 5.32 Å². The Kier molecular flexibility index (Phi) is 4.22. The fraction of sp³-hybridized carbons (Fsp3) is 0.176. The number of fused-ring (bicyclic) bond motifs is 1. The summed E-state index contributed by atoms with van der Waals surface area (Å²) in [6, 6.07) is 14.0. The minimum atomic E-state index is 0.696. The lowest BCUT2D eigenvalue weighted by Crippen LogP contribution is -2.01. The van der Waals surface area contributed by atoms with Gasteiger partial charge in [-0.1, -0.05) is 52.7 Å². The Bertz CT molecular complexity index is 782. The lowest BCUT2D eigenvalue weighted by molar-refractivity contribution is 0.551. The molecule has 0 aliphatic carbocycles. The number of hydrogen-bond donors (Lipinski definition) is 1. The molecule has 4 heteroatoms. The zero-order valence-electron chi connectivity index (χ0n) is 11.6. The van der Waals surface area contributed by atoms with Gasteiger partial charge in [0.25, 0.3) is 0 Å². The molecular formula is C17H15BrClNO. The summed E-state index contributed by atoms with van der Waals surface area (Å²) < 4.78 is 6.88. The fourth-order valence-electron chi connectivity index (χ4n) is 2.45. The van der Waals surface area contributed by atoms with E-state index in [1.165, 1.54) is 5.56 Å². The fourth-order valence-corrected chi connectivity index (χ4v) is 3.19. The lowest BCUT2D eigenvalue weighted by atomic mass is 10.1. The number of rotatable bonds is 4. The van der Waals surface area contributed by atoms with Crippen LogP contribution in [0.1, 0.15) is 18.2 Å². The van der Waals surface area contributed by atoms with Crippen molar-refractivity contribution in [1.29, 1.82) is 0 Å². The number of hydrogen-bond acceptors (Lipinski definition) is 2. The largest absolute Gasteiger partial charge is 0.461 e. The topological polar surface area (TPSA) is 25.2 Å². The minimum absolute atomic E-state index is 0.696. The zero-order chi connectivity index (χ0) is 14.8. The van der Waals surface area contributed by atoms with Crippen LogP contribution in [-0.4, -0.2) is 0 Å². The van der Waals surface area contributed by atoms with Gasteiger partial charge in [-0.25, -0.2) is 0 Å². The van der Waals surface area contributed by atoms with Gasteiger partial charge in [0, 0.05) is 28.4 Å². The van der Waals surface area contributed by atoms with Crippen LogP contribution in [0.25, 0.3) is 11.0 Å². The van der Waals surface area contributed by atoms with Crippen molar-refractivity contribution in [3.63, 3.8) is 0 Å². The molecule has 3 aromatic rings. The Hall–Kier alpha value is -1.45. The van der Waals surface area contributed by atoms with E-state index in [1.54, 1.807) is 0 Å². The van der Waals surface area contributed by atoms with Gasteiger partial charge < -0.3 is 9.73 Å². The molecule has 1 heterocycles. The Morgan fingerprint density at radius 2 is 2.00 bits per heavy atom. The molecule has 0 radical (unpaired) electrons. The molecule has 1 aromatic heterocycles. The van der Waals surface area contributed by atoms with Gasteiger partial charge in [0.1, 0.15) is 11.3 Å². The molecule has 0 aliphatic rings. The van der Waals surface area contributed by atoms with Crippen molar-refractivity contribution in [3.8, 4) is 0 Å².